The fourth-order valence-corrected chi connectivity index (χ4v) is 2.89. The molecule has 2 aliphatic rings. The van der Waals surface area contributed by atoms with Gasteiger partial charge in [0.2, 0.25) is 0 Å². The van der Waals surface area contributed by atoms with E-state index in [9.17, 15) is 9.59 Å². The highest BCUT2D eigenvalue weighted by atomic mass is 16.2. The minimum Gasteiger partial charge on any atom is -0.314 e. The third-order valence-corrected chi connectivity index (χ3v) is 4.01. The minimum atomic E-state index is -0.190. The fourth-order valence-electron chi connectivity index (χ4n) is 2.89. The Bertz CT molecular complexity index is 361. The second-order valence-electron chi connectivity index (χ2n) is 5.30. The monoisotopic (exact) mass is 418 g/mol. The maximum atomic E-state index is 12.0. The van der Waals surface area contributed by atoms with Crippen LogP contribution in [0, 0.1) is 0 Å². The smallest absolute Gasteiger partial charge is 0.314 e. The highest BCUT2D eigenvalue weighted by molar-refractivity contribution is 5.85. The normalized spacial score (nSPS) is 18.2. The van der Waals surface area contributed by atoms with Gasteiger partial charge in [-0.3, -0.25) is 0 Å². The number of hydrogen-bond acceptors (Lipinski definition) is 2. The summed E-state index contributed by atoms with van der Waals surface area (Å²) in [7, 11) is 0. The molecule has 4 amide bonds. The van der Waals surface area contributed by atoms with Gasteiger partial charge in [-0.2, -0.15) is 0 Å². The molecule has 0 aliphatic carbocycles. The molecule has 2 saturated heterocycles. The SMILES string of the molecule is CC.CC.CC.CC.CCCCC.CCN1C(=O)N(CC)C2C1NC(=O)N2CC. The summed E-state index contributed by atoms with van der Waals surface area (Å²) in [4.78, 5) is 28.9. The first kappa shape index (κ1) is 35.0. The molecule has 0 bridgehead atoms. The Morgan fingerprint density at radius 1 is 0.655 bits per heavy atom. The number of carbonyl (C=O) groups excluding carboxylic acids is 2. The van der Waals surface area contributed by atoms with Crippen molar-refractivity contribution < 1.29 is 9.59 Å². The second kappa shape index (κ2) is 24.6. The van der Waals surface area contributed by atoms with Gasteiger partial charge in [-0.15, -0.1) is 0 Å². The summed E-state index contributed by atoms with van der Waals surface area (Å²) in [6.07, 6.45) is 3.74. The van der Waals surface area contributed by atoms with E-state index >= 15 is 0 Å². The highest BCUT2D eigenvalue weighted by Gasteiger charge is 2.53. The van der Waals surface area contributed by atoms with Crippen LogP contribution in [0.15, 0.2) is 0 Å². The van der Waals surface area contributed by atoms with Crippen LogP contribution in [0.25, 0.3) is 0 Å². The number of likely N-dealkylation sites (N-methyl/N-ethyl adjacent to an activating group) is 3. The largest absolute Gasteiger partial charge is 0.323 e. The molecule has 178 valence electrons. The van der Waals surface area contributed by atoms with Crippen molar-refractivity contribution >= 4 is 12.1 Å². The molecular formula is C23H54N4O2. The molecule has 0 aromatic carbocycles. The predicted octanol–water partition coefficient (Wildman–Crippen LogP) is 6.76. The molecule has 0 aromatic rings. The Labute approximate surface area is 183 Å². The summed E-state index contributed by atoms with van der Waals surface area (Å²) in [5.74, 6) is 0. The fraction of sp³-hybridized carbons (Fsp3) is 0.913. The molecular weight excluding hydrogens is 364 g/mol. The summed E-state index contributed by atoms with van der Waals surface area (Å²) >= 11 is 0. The van der Waals surface area contributed by atoms with Gasteiger partial charge in [0.05, 0.1) is 0 Å². The van der Waals surface area contributed by atoms with E-state index in [2.05, 4.69) is 19.2 Å². The van der Waals surface area contributed by atoms with Crippen LogP contribution in [0.3, 0.4) is 0 Å². The van der Waals surface area contributed by atoms with Crippen molar-refractivity contribution in [3.8, 4) is 0 Å². The van der Waals surface area contributed by atoms with Crippen molar-refractivity contribution in [1.82, 2.24) is 20.0 Å². The van der Waals surface area contributed by atoms with Crippen LogP contribution in [0.5, 0.6) is 0 Å². The van der Waals surface area contributed by atoms with E-state index in [1.54, 1.807) is 14.7 Å². The molecule has 0 spiro atoms. The number of unbranched alkanes of at least 4 members (excludes halogenated alkanes) is 2. The lowest BCUT2D eigenvalue weighted by molar-refractivity contribution is 0.136. The van der Waals surface area contributed by atoms with E-state index in [1.807, 2.05) is 76.2 Å². The summed E-state index contributed by atoms with van der Waals surface area (Å²) in [5.41, 5.74) is 0. The standard InChI is InChI=1S/C10H18N4O2.C5H12.4C2H6/c1-4-12-7-8(14(6-3)10(12)16)13(5-2)9(15)11-7;1-3-5-4-2;4*1-2/h7-8H,4-6H2,1-3H3,(H,11,15);3-5H2,1-2H3;4*1-2H3. The Morgan fingerprint density at radius 3 is 1.31 bits per heavy atom. The van der Waals surface area contributed by atoms with Crippen molar-refractivity contribution in [1.29, 1.82) is 0 Å². The number of carbonyl (C=O) groups is 2. The average molecular weight is 419 g/mol. The molecule has 2 unspecified atom stereocenters. The van der Waals surface area contributed by atoms with Crippen molar-refractivity contribution in [2.75, 3.05) is 19.6 Å². The summed E-state index contributed by atoms with van der Waals surface area (Å²) < 4.78 is 0. The van der Waals surface area contributed by atoms with Gasteiger partial charge in [-0.1, -0.05) is 88.5 Å². The number of hydrogen-bond donors (Lipinski definition) is 1. The number of nitrogens with zero attached hydrogens (tertiary/aromatic N) is 3. The molecule has 0 saturated carbocycles. The quantitative estimate of drug-likeness (QED) is 0.536. The molecule has 0 aromatic heterocycles. The Morgan fingerprint density at radius 2 is 1.03 bits per heavy atom. The van der Waals surface area contributed by atoms with Crippen molar-refractivity contribution in [3.05, 3.63) is 0 Å². The number of nitrogens with one attached hydrogen (secondary N) is 1. The van der Waals surface area contributed by atoms with Gasteiger partial charge in [0, 0.05) is 19.6 Å². The van der Waals surface area contributed by atoms with E-state index in [0.717, 1.165) is 0 Å². The minimum absolute atomic E-state index is 0.0125. The molecule has 6 nitrogen and oxygen atoms in total. The first-order chi connectivity index (χ1) is 14.1. The van der Waals surface area contributed by atoms with E-state index in [0.29, 0.717) is 19.6 Å². The molecule has 1 N–H and O–H groups in total. The molecule has 2 fully saturated rings. The summed E-state index contributed by atoms with van der Waals surface area (Å²) in [6.45, 7) is 28.1. The molecule has 6 heteroatoms. The zero-order valence-corrected chi connectivity index (χ0v) is 22.1. The van der Waals surface area contributed by atoms with Crippen molar-refractivity contribution in [2.24, 2.45) is 0 Å². The number of amides is 4. The molecule has 2 aliphatic heterocycles. The van der Waals surface area contributed by atoms with Crippen LogP contribution in [0.1, 0.15) is 109 Å². The average Bonchev–Trinajstić information content (AvgIpc) is 3.24. The van der Waals surface area contributed by atoms with Gasteiger partial charge in [0.25, 0.3) is 0 Å². The van der Waals surface area contributed by atoms with Gasteiger partial charge in [0.15, 0.2) is 0 Å². The lowest BCUT2D eigenvalue weighted by atomic mass is 10.3. The number of fused-ring (bicyclic) bond motifs is 1. The first-order valence-electron chi connectivity index (χ1n) is 12.2. The zero-order valence-electron chi connectivity index (χ0n) is 22.1. The molecule has 29 heavy (non-hydrogen) atoms. The van der Waals surface area contributed by atoms with Crippen LogP contribution in [-0.4, -0.2) is 58.7 Å². The molecule has 2 rings (SSSR count). The van der Waals surface area contributed by atoms with E-state index in [-0.39, 0.29) is 24.4 Å². The van der Waals surface area contributed by atoms with Crippen LogP contribution in [0.4, 0.5) is 9.59 Å². The third kappa shape index (κ3) is 10.8. The summed E-state index contributed by atoms with van der Waals surface area (Å²) in [6, 6.07) is -0.0691. The Kier molecular flexibility index (Phi) is 29.7. The first-order valence-corrected chi connectivity index (χ1v) is 12.2. The van der Waals surface area contributed by atoms with Crippen LogP contribution >= 0.6 is 0 Å². The highest BCUT2D eigenvalue weighted by Crippen LogP contribution is 2.28. The lowest BCUT2D eigenvalue weighted by Crippen LogP contribution is -2.46. The van der Waals surface area contributed by atoms with Gasteiger partial charge in [0.1, 0.15) is 12.3 Å². The van der Waals surface area contributed by atoms with E-state index in [1.165, 1.54) is 19.3 Å². The van der Waals surface area contributed by atoms with Gasteiger partial charge >= 0.3 is 12.1 Å². The maximum Gasteiger partial charge on any atom is 0.323 e. The second-order valence-corrected chi connectivity index (χ2v) is 5.30. The lowest BCUT2D eigenvalue weighted by Gasteiger charge is -2.27. The van der Waals surface area contributed by atoms with Crippen LogP contribution < -0.4 is 5.32 Å². The van der Waals surface area contributed by atoms with Crippen LogP contribution in [0.2, 0.25) is 0 Å². The number of urea groups is 2. The van der Waals surface area contributed by atoms with Crippen molar-refractivity contribution in [3.63, 3.8) is 0 Å². The third-order valence-electron chi connectivity index (χ3n) is 4.01. The Hall–Kier alpha value is -1.46. The van der Waals surface area contributed by atoms with E-state index < -0.39 is 0 Å². The predicted molar refractivity (Wildman–Crippen MR) is 129 cm³/mol. The van der Waals surface area contributed by atoms with E-state index in [4.69, 9.17) is 0 Å². The zero-order chi connectivity index (χ0) is 24.0. The number of rotatable bonds is 5. The molecule has 2 heterocycles. The maximum absolute atomic E-state index is 12.0. The van der Waals surface area contributed by atoms with Crippen molar-refractivity contribution in [2.45, 2.75) is 122 Å². The Balaban J connectivity index is -0.000000203. The van der Waals surface area contributed by atoms with Gasteiger partial charge in [-0.05, 0) is 20.8 Å². The van der Waals surface area contributed by atoms with Crippen LogP contribution in [-0.2, 0) is 0 Å². The van der Waals surface area contributed by atoms with Gasteiger partial charge in [-0.25, -0.2) is 9.59 Å². The molecule has 2 atom stereocenters. The van der Waals surface area contributed by atoms with Gasteiger partial charge < -0.3 is 20.0 Å². The topological polar surface area (TPSA) is 55.9 Å². The molecule has 0 radical (unpaired) electrons. The summed E-state index contributed by atoms with van der Waals surface area (Å²) in [5, 5.41) is 2.86.